The van der Waals surface area contributed by atoms with Crippen LogP contribution in [0.25, 0.3) is 5.69 Å². The lowest BCUT2D eigenvalue weighted by Crippen LogP contribution is -2.30. The summed E-state index contributed by atoms with van der Waals surface area (Å²) >= 11 is 1.40. The second-order valence-corrected chi connectivity index (χ2v) is 3.80. The largest absolute Gasteiger partial charge is 0.494 e. The van der Waals surface area contributed by atoms with E-state index in [4.69, 9.17) is 0 Å². The number of nitrogens with one attached hydrogen (secondary N) is 1. The van der Waals surface area contributed by atoms with E-state index in [0.29, 0.717) is 5.69 Å². The molecule has 0 aliphatic rings. The van der Waals surface area contributed by atoms with Gasteiger partial charge in [-0.2, -0.15) is 11.3 Å². The highest BCUT2D eigenvalue weighted by Crippen LogP contribution is 2.17. The zero-order valence-corrected chi connectivity index (χ0v) is 8.67. The summed E-state index contributed by atoms with van der Waals surface area (Å²) in [5.41, 5.74) is -0.534. The minimum atomic E-state index is -0.637. The number of nitrogens with zero attached hydrogens (tertiary/aromatic N) is 1. The first-order chi connectivity index (χ1) is 7.11. The van der Waals surface area contributed by atoms with Gasteiger partial charge in [0.15, 0.2) is 0 Å². The first kappa shape index (κ1) is 9.72. The molecule has 0 bridgehead atoms. The summed E-state index contributed by atoms with van der Waals surface area (Å²) in [4.78, 5) is 24.8. The lowest BCUT2D eigenvalue weighted by Gasteiger charge is -2.06. The zero-order chi connectivity index (χ0) is 11.0. The molecule has 5 nitrogen and oxygen atoms in total. The van der Waals surface area contributed by atoms with Gasteiger partial charge in [-0.05, 0) is 18.4 Å². The molecule has 0 fully saturated rings. The Kier molecular flexibility index (Phi) is 2.20. The Morgan fingerprint density at radius 3 is 2.80 bits per heavy atom. The summed E-state index contributed by atoms with van der Waals surface area (Å²) in [6.45, 7) is 1.45. The molecule has 0 unspecified atom stereocenters. The topological polar surface area (TPSA) is 75.1 Å². The van der Waals surface area contributed by atoms with Crippen LogP contribution < -0.4 is 11.2 Å². The van der Waals surface area contributed by atoms with Gasteiger partial charge in [0.2, 0.25) is 5.88 Å². The quantitative estimate of drug-likeness (QED) is 0.744. The SMILES string of the molecule is Cc1c(O)n(-c2ccsc2)c(=O)[nH]c1=O. The lowest BCUT2D eigenvalue weighted by atomic mass is 10.3. The third kappa shape index (κ3) is 1.48. The van der Waals surface area contributed by atoms with E-state index in [1.807, 2.05) is 0 Å². The normalized spacial score (nSPS) is 10.5. The third-order valence-electron chi connectivity index (χ3n) is 2.08. The van der Waals surface area contributed by atoms with Crippen LogP contribution in [-0.2, 0) is 0 Å². The summed E-state index contributed by atoms with van der Waals surface area (Å²) in [6.07, 6.45) is 0. The van der Waals surface area contributed by atoms with Crippen LogP contribution in [-0.4, -0.2) is 14.7 Å². The van der Waals surface area contributed by atoms with Gasteiger partial charge in [-0.25, -0.2) is 9.36 Å². The van der Waals surface area contributed by atoms with E-state index in [1.165, 1.54) is 18.3 Å². The number of hydrogen-bond acceptors (Lipinski definition) is 4. The molecule has 2 rings (SSSR count). The lowest BCUT2D eigenvalue weighted by molar-refractivity contribution is 0.426. The van der Waals surface area contributed by atoms with Crippen molar-refractivity contribution in [1.82, 2.24) is 9.55 Å². The van der Waals surface area contributed by atoms with Crippen molar-refractivity contribution in [3.63, 3.8) is 0 Å². The zero-order valence-electron chi connectivity index (χ0n) is 7.85. The molecule has 2 N–H and O–H groups in total. The van der Waals surface area contributed by atoms with E-state index in [1.54, 1.807) is 16.8 Å². The molecule has 0 saturated heterocycles. The van der Waals surface area contributed by atoms with Crippen LogP contribution in [0.3, 0.4) is 0 Å². The fourth-order valence-electron chi connectivity index (χ4n) is 1.24. The predicted octanol–water partition coefficient (Wildman–Crippen LogP) is 0.601. The van der Waals surface area contributed by atoms with Crippen LogP contribution in [0.15, 0.2) is 26.4 Å². The van der Waals surface area contributed by atoms with Gasteiger partial charge in [-0.1, -0.05) is 0 Å². The Bertz CT molecular complexity index is 595. The van der Waals surface area contributed by atoms with Gasteiger partial charge in [-0.15, -0.1) is 0 Å². The summed E-state index contributed by atoms with van der Waals surface area (Å²) in [5.74, 6) is -0.317. The average molecular weight is 224 g/mol. The highest BCUT2D eigenvalue weighted by Gasteiger charge is 2.11. The van der Waals surface area contributed by atoms with Crippen LogP contribution in [0.5, 0.6) is 5.88 Å². The molecule has 0 aliphatic heterocycles. The van der Waals surface area contributed by atoms with Crippen molar-refractivity contribution in [2.75, 3.05) is 0 Å². The number of aromatic nitrogens is 2. The van der Waals surface area contributed by atoms with E-state index in [0.717, 1.165) is 4.57 Å². The minimum absolute atomic E-state index is 0.126. The molecule has 78 valence electrons. The van der Waals surface area contributed by atoms with E-state index >= 15 is 0 Å². The fourth-order valence-corrected chi connectivity index (χ4v) is 1.86. The Hall–Kier alpha value is -1.82. The van der Waals surface area contributed by atoms with E-state index in [9.17, 15) is 14.7 Å². The van der Waals surface area contributed by atoms with Crippen LogP contribution in [0.1, 0.15) is 5.56 Å². The van der Waals surface area contributed by atoms with E-state index in [-0.39, 0.29) is 11.4 Å². The molecule has 2 heterocycles. The van der Waals surface area contributed by atoms with Crippen molar-refractivity contribution in [2.24, 2.45) is 0 Å². The Labute approximate surface area is 88.3 Å². The van der Waals surface area contributed by atoms with Gasteiger partial charge in [0.25, 0.3) is 5.56 Å². The smallest absolute Gasteiger partial charge is 0.335 e. The summed E-state index contributed by atoms with van der Waals surface area (Å²) in [5, 5.41) is 13.2. The Morgan fingerprint density at radius 1 is 1.47 bits per heavy atom. The van der Waals surface area contributed by atoms with Gasteiger partial charge in [-0.3, -0.25) is 9.78 Å². The molecule has 6 heteroatoms. The van der Waals surface area contributed by atoms with Gasteiger partial charge in [0.05, 0.1) is 11.3 Å². The second-order valence-electron chi connectivity index (χ2n) is 3.02. The fraction of sp³-hybridized carbons (Fsp3) is 0.111. The first-order valence-electron chi connectivity index (χ1n) is 4.18. The molecule has 0 aliphatic carbocycles. The number of H-pyrrole nitrogens is 1. The van der Waals surface area contributed by atoms with Crippen molar-refractivity contribution >= 4 is 11.3 Å². The third-order valence-corrected chi connectivity index (χ3v) is 2.75. The second kappa shape index (κ2) is 3.39. The average Bonchev–Trinajstić information content (AvgIpc) is 2.68. The molecule has 0 aromatic carbocycles. The molecule has 0 atom stereocenters. The Morgan fingerprint density at radius 2 is 2.20 bits per heavy atom. The van der Waals surface area contributed by atoms with Crippen LogP contribution in [0.4, 0.5) is 0 Å². The van der Waals surface area contributed by atoms with Crippen LogP contribution in [0.2, 0.25) is 0 Å². The van der Waals surface area contributed by atoms with Crippen molar-refractivity contribution in [1.29, 1.82) is 0 Å². The maximum absolute atomic E-state index is 11.5. The van der Waals surface area contributed by atoms with Crippen molar-refractivity contribution in [3.05, 3.63) is 43.2 Å². The van der Waals surface area contributed by atoms with Gasteiger partial charge in [0, 0.05) is 5.38 Å². The van der Waals surface area contributed by atoms with Gasteiger partial charge >= 0.3 is 5.69 Å². The summed E-state index contributed by atoms with van der Waals surface area (Å²) < 4.78 is 1.06. The number of thiophene rings is 1. The van der Waals surface area contributed by atoms with Crippen LogP contribution in [0, 0.1) is 6.92 Å². The van der Waals surface area contributed by atoms with Crippen molar-refractivity contribution < 1.29 is 5.11 Å². The maximum atomic E-state index is 11.5. The summed E-state index contributed by atoms with van der Waals surface area (Å²) in [7, 11) is 0. The van der Waals surface area contributed by atoms with Gasteiger partial charge < -0.3 is 5.11 Å². The van der Waals surface area contributed by atoms with E-state index in [2.05, 4.69) is 4.98 Å². The maximum Gasteiger partial charge on any atom is 0.335 e. The minimum Gasteiger partial charge on any atom is -0.494 e. The predicted molar refractivity (Wildman–Crippen MR) is 56.9 cm³/mol. The van der Waals surface area contributed by atoms with Gasteiger partial charge in [0.1, 0.15) is 0 Å². The van der Waals surface area contributed by atoms with Crippen molar-refractivity contribution in [3.8, 4) is 11.6 Å². The molecule has 0 saturated carbocycles. The number of rotatable bonds is 1. The highest BCUT2D eigenvalue weighted by molar-refractivity contribution is 7.08. The summed E-state index contributed by atoms with van der Waals surface area (Å²) in [6, 6.07) is 1.68. The molecular weight excluding hydrogens is 216 g/mol. The standard InChI is InChI=1S/C9H8N2O3S/c1-5-7(12)10-9(14)11(8(5)13)6-2-3-15-4-6/h2-4,13H,1H3,(H,10,12,14). The monoisotopic (exact) mass is 224 g/mol. The first-order valence-corrected chi connectivity index (χ1v) is 5.13. The van der Waals surface area contributed by atoms with Crippen LogP contribution >= 0.6 is 11.3 Å². The molecule has 0 radical (unpaired) electrons. The molecule has 2 aromatic rings. The molecule has 15 heavy (non-hydrogen) atoms. The van der Waals surface area contributed by atoms with Crippen molar-refractivity contribution in [2.45, 2.75) is 6.92 Å². The number of hydrogen-bond donors (Lipinski definition) is 2. The molecule has 0 amide bonds. The molecule has 2 aromatic heterocycles. The number of aromatic amines is 1. The molecule has 0 spiro atoms. The Balaban J connectivity index is 2.84. The molecular formula is C9H8N2O3S. The highest BCUT2D eigenvalue weighted by atomic mass is 32.1. The van der Waals surface area contributed by atoms with E-state index < -0.39 is 11.2 Å². The number of aromatic hydroxyl groups is 1.